The Morgan fingerprint density at radius 3 is 2.51 bits per heavy atom. The Kier molecular flexibility index (Phi) is 10.2. The molecule has 5 rings (SSSR count). The molecule has 0 bridgehead atoms. The van der Waals surface area contributed by atoms with Gasteiger partial charge in [0.05, 0.1) is 11.0 Å². The predicted molar refractivity (Wildman–Crippen MR) is 171 cm³/mol. The molecule has 41 heavy (non-hydrogen) atoms. The summed E-state index contributed by atoms with van der Waals surface area (Å²) in [5, 5.41) is 4.66. The Morgan fingerprint density at radius 2 is 1.73 bits per heavy atom. The van der Waals surface area contributed by atoms with Crippen LogP contribution in [0.2, 0.25) is 0 Å². The third-order valence-corrected chi connectivity index (χ3v) is 8.29. The molecule has 0 atom stereocenters. The van der Waals surface area contributed by atoms with Gasteiger partial charge in [-0.15, -0.1) is 0 Å². The Bertz CT molecular complexity index is 1470. The molecule has 1 aliphatic rings. The summed E-state index contributed by atoms with van der Waals surface area (Å²) in [6.45, 7) is 6.57. The number of unbranched alkanes of at least 4 members (excludes halogenated alkanes) is 7. The minimum atomic E-state index is -0.369. The molecular weight excluding hydrogens is 508 g/mol. The number of fused-ring (bicyclic) bond motifs is 2. The molecule has 2 aromatic heterocycles. The molecule has 0 radical (unpaired) electrons. The van der Waals surface area contributed by atoms with Gasteiger partial charge in [0.25, 0.3) is 0 Å². The van der Waals surface area contributed by atoms with Crippen LogP contribution in [-0.4, -0.2) is 23.1 Å². The first-order chi connectivity index (χ1) is 20.2. The molecule has 0 amide bonds. The minimum absolute atomic E-state index is 0.369. The van der Waals surface area contributed by atoms with Gasteiger partial charge in [-0.25, -0.2) is 9.78 Å². The van der Waals surface area contributed by atoms with E-state index >= 15 is 0 Å². The van der Waals surface area contributed by atoms with Crippen molar-refractivity contribution in [2.45, 2.75) is 97.3 Å². The number of aromatic nitrogens is 2. The van der Waals surface area contributed by atoms with Crippen molar-refractivity contribution in [3.8, 4) is 11.4 Å². The maximum absolute atomic E-state index is 13.2. The van der Waals surface area contributed by atoms with Gasteiger partial charge in [0.2, 0.25) is 0 Å². The molecule has 1 saturated heterocycles. The van der Waals surface area contributed by atoms with Crippen LogP contribution in [0.15, 0.2) is 69.1 Å². The Morgan fingerprint density at radius 1 is 0.927 bits per heavy atom. The van der Waals surface area contributed by atoms with Gasteiger partial charge in [-0.05, 0) is 68.9 Å². The fourth-order valence-corrected chi connectivity index (χ4v) is 5.98. The fourth-order valence-electron chi connectivity index (χ4n) is 5.98. The number of piperidine rings is 1. The third-order valence-electron chi connectivity index (χ3n) is 8.29. The lowest BCUT2D eigenvalue weighted by atomic mass is 10.0. The van der Waals surface area contributed by atoms with Crippen molar-refractivity contribution in [2.24, 2.45) is 0 Å². The Labute approximate surface area is 244 Å². The molecule has 2 N–H and O–H groups in total. The number of H-pyrrole nitrogens is 1. The average molecular weight is 555 g/mol. The van der Waals surface area contributed by atoms with Crippen molar-refractivity contribution >= 4 is 27.7 Å². The first kappa shape index (κ1) is 29.0. The molecule has 0 spiro atoms. The van der Waals surface area contributed by atoms with Crippen LogP contribution < -0.4 is 15.8 Å². The summed E-state index contributed by atoms with van der Waals surface area (Å²) < 4.78 is 5.96. The van der Waals surface area contributed by atoms with E-state index in [1.54, 1.807) is 0 Å². The van der Waals surface area contributed by atoms with Crippen molar-refractivity contribution in [3.05, 3.63) is 70.3 Å². The molecule has 2 aromatic carbocycles. The zero-order chi connectivity index (χ0) is 28.4. The maximum Gasteiger partial charge on any atom is 0.347 e. The largest absolute Gasteiger partial charge is 0.422 e. The molecule has 0 unspecified atom stereocenters. The van der Waals surface area contributed by atoms with E-state index in [4.69, 9.17) is 4.42 Å². The molecule has 3 heterocycles. The summed E-state index contributed by atoms with van der Waals surface area (Å²) in [7, 11) is 0. The predicted octanol–water partition coefficient (Wildman–Crippen LogP) is 9.07. The fraction of sp³-hybridized carbons (Fsp3) is 0.486. The quantitative estimate of drug-likeness (QED) is 0.120. The maximum atomic E-state index is 13.2. The molecular formula is C35H46N4O2. The number of rotatable bonds is 14. The number of allylic oxidation sites excluding steroid dienone is 2. The summed E-state index contributed by atoms with van der Waals surface area (Å²) in [5.41, 5.74) is 6.39. The van der Waals surface area contributed by atoms with Crippen molar-refractivity contribution in [1.82, 2.24) is 15.3 Å². The standard InChI is InChI=1S/C35H46N4O2/c1-3-5-7-9-15-23-39(32(19-10-8-6-4-2)31-18-13-14-22-36-31)27-21-20-26-24-28(35(40)41-33(26)25-27)34-37-29-16-11-12-17-30(29)38-34/h11-12,16-17,20-21,24-25,36H,3-10,13-15,18-19,22-23H2,1-2H3,(H,37,38)/b32-31+. The lowest BCUT2D eigenvalue weighted by Crippen LogP contribution is -2.31. The Hall–Kier alpha value is -3.54. The van der Waals surface area contributed by atoms with E-state index in [0.717, 1.165) is 54.5 Å². The molecule has 6 heteroatoms. The van der Waals surface area contributed by atoms with Crippen LogP contribution in [-0.2, 0) is 0 Å². The number of aromatic amines is 1. The molecule has 6 nitrogen and oxygen atoms in total. The minimum Gasteiger partial charge on any atom is -0.422 e. The number of hydrogen-bond donors (Lipinski definition) is 2. The van der Waals surface area contributed by atoms with E-state index in [-0.39, 0.29) is 5.63 Å². The highest BCUT2D eigenvalue weighted by Crippen LogP contribution is 2.32. The number of para-hydroxylation sites is 2. The summed E-state index contributed by atoms with van der Waals surface area (Å²) in [6, 6.07) is 16.1. The van der Waals surface area contributed by atoms with Crippen molar-refractivity contribution in [1.29, 1.82) is 0 Å². The monoisotopic (exact) mass is 554 g/mol. The van der Waals surface area contributed by atoms with Gasteiger partial charge in [-0.3, -0.25) is 0 Å². The lowest BCUT2D eigenvalue weighted by molar-refractivity contribution is 0.557. The van der Waals surface area contributed by atoms with Crippen LogP contribution in [0.5, 0.6) is 0 Å². The highest BCUT2D eigenvalue weighted by Gasteiger charge is 2.20. The van der Waals surface area contributed by atoms with Gasteiger partial charge in [0.15, 0.2) is 0 Å². The average Bonchev–Trinajstić information content (AvgIpc) is 3.44. The number of benzene rings is 2. The number of nitrogens with one attached hydrogen (secondary N) is 2. The lowest BCUT2D eigenvalue weighted by Gasteiger charge is -2.32. The molecule has 0 aliphatic carbocycles. The highest BCUT2D eigenvalue weighted by molar-refractivity contribution is 5.86. The van der Waals surface area contributed by atoms with E-state index in [9.17, 15) is 4.79 Å². The summed E-state index contributed by atoms with van der Waals surface area (Å²) in [6.07, 6.45) is 15.8. The summed E-state index contributed by atoms with van der Waals surface area (Å²) in [5.74, 6) is 0.544. The smallest absolute Gasteiger partial charge is 0.347 e. The summed E-state index contributed by atoms with van der Waals surface area (Å²) in [4.78, 5) is 23.6. The van der Waals surface area contributed by atoms with E-state index in [1.165, 1.54) is 75.6 Å². The second kappa shape index (κ2) is 14.4. The second-order valence-electron chi connectivity index (χ2n) is 11.5. The SMILES string of the molecule is CCCCCCCN(/C(CCCCCC)=C1\CCCCN1)c1ccc2cc(-c3nc4ccccc4[nH]3)c(=O)oc2c1. The van der Waals surface area contributed by atoms with Crippen LogP contribution in [0.25, 0.3) is 33.4 Å². The molecule has 4 aromatic rings. The molecule has 1 aliphatic heterocycles. The van der Waals surface area contributed by atoms with Crippen molar-refractivity contribution < 1.29 is 4.42 Å². The van der Waals surface area contributed by atoms with E-state index in [1.807, 2.05) is 30.3 Å². The second-order valence-corrected chi connectivity index (χ2v) is 11.5. The van der Waals surface area contributed by atoms with Crippen molar-refractivity contribution in [3.63, 3.8) is 0 Å². The van der Waals surface area contributed by atoms with E-state index < -0.39 is 0 Å². The van der Waals surface area contributed by atoms with Gasteiger partial charge >= 0.3 is 5.63 Å². The zero-order valence-electron chi connectivity index (χ0n) is 24.9. The van der Waals surface area contributed by atoms with Crippen LogP contribution in [0.3, 0.4) is 0 Å². The van der Waals surface area contributed by atoms with Gasteiger partial charge in [-0.2, -0.15) is 0 Å². The normalized spacial score (nSPS) is 14.9. The van der Waals surface area contributed by atoms with Gasteiger partial charge in [0, 0.05) is 41.6 Å². The number of imidazole rings is 1. The van der Waals surface area contributed by atoms with Crippen molar-refractivity contribution in [2.75, 3.05) is 18.0 Å². The van der Waals surface area contributed by atoms with E-state index in [0.29, 0.717) is 17.0 Å². The van der Waals surface area contributed by atoms with Crippen LogP contribution in [0.4, 0.5) is 5.69 Å². The first-order valence-corrected chi connectivity index (χ1v) is 15.9. The highest BCUT2D eigenvalue weighted by atomic mass is 16.4. The Balaban J connectivity index is 1.49. The van der Waals surface area contributed by atoms with Gasteiger partial charge < -0.3 is 19.6 Å². The van der Waals surface area contributed by atoms with Crippen LogP contribution in [0, 0.1) is 0 Å². The zero-order valence-corrected chi connectivity index (χ0v) is 24.9. The number of hydrogen-bond acceptors (Lipinski definition) is 5. The number of anilines is 1. The van der Waals surface area contributed by atoms with Gasteiger partial charge in [0.1, 0.15) is 17.0 Å². The van der Waals surface area contributed by atoms with Gasteiger partial charge in [-0.1, -0.05) is 70.9 Å². The number of nitrogens with zero attached hydrogens (tertiary/aromatic N) is 2. The third kappa shape index (κ3) is 7.22. The molecule has 1 fully saturated rings. The van der Waals surface area contributed by atoms with E-state index in [2.05, 4.69) is 52.2 Å². The van der Waals surface area contributed by atoms with Crippen LogP contribution in [0.1, 0.15) is 97.3 Å². The molecule has 218 valence electrons. The summed E-state index contributed by atoms with van der Waals surface area (Å²) >= 11 is 0. The first-order valence-electron chi connectivity index (χ1n) is 15.9. The van der Waals surface area contributed by atoms with Crippen LogP contribution >= 0.6 is 0 Å². The topological polar surface area (TPSA) is 74.2 Å². The molecule has 0 saturated carbocycles.